The number of nitrogens with one attached hydrogen (secondary N) is 4. The molecule has 8 nitrogen and oxygen atoms in total. The van der Waals surface area contributed by atoms with Crippen LogP contribution in [-0.4, -0.2) is 36.9 Å². The molecule has 1 aliphatic heterocycles. The molecule has 4 N–H and O–H groups in total. The molecule has 2 heterocycles. The molecule has 9 heteroatoms. The van der Waals surface area contributed by atoms with Crippen LogP contribution in [0.4, 0.5) is 0 Å². The molecule has 1 aliphatic rings. The zero-order valence-electron chi connectivity index (χ0n) is 11.0. The first-order valence-corrected chi connectivity index (χ1v) is 7.93. The Balaban J connectivity index is 1.85. The second kappa shape index (κ2) is 5.01. The molecule has 1 fully saturated rings. The van der Waals surface area contributed by atoms with E-state index in [9.17, 15) is 18.0 Å². The van der Waals surface area contributed by atoms with Crippen molar-refractivity contribution >= 4 is 27.0 Å². The number of fused-ring (bicyclic) bond motifs is 1. The number of hydrogen-bond acceptors (Lipinski definition) is 4. The molecule has 112 valence electrons. The predicted octanol–water partition coefficient (Wildman–Crippen LogP) is -0.587. The van der Waals surface area contributed by atoms with Gasteiger partial charge in [-0.15, -0.1) is 0 Å². The van der Waals surface area contributed by atoms with Crippen molar-refractivity contribution in [2.24, 2.45) is 0 Å². The Morgan fingerprint density at radius 1 is 1.14 bits per heavy atom. The second-order valence-electron chi connectivity index (χ2n) is 4.95. The number of H-pyrrole nitrogens is 2. The minimum Gasteiger partial charge on any atom is -0.355 e. The molecule has 0 radical (unpaired) electrons. The quantitative estimate of drug-likeness (QED) is 0.605. The monoisotopic (exact) mass is 310 g/mol. The van der Waals surface area contributed by atoms with Gasteiger partial charge in [-0.1, -0.05) is 0 Å². The third kappa shape index (κ3) is 2.83. The third-order valence-corrected chi connectivity index (χ3v) is 4.90. The second-order valence-corrected chi connectivity index (χ2v) is 6.66. The maximum atomic E-state index is 12.3. The molecule has 1 amide bonds. The lowest BCUT2D eigenvalue weighted by Crippen LogP contribution is -2.47. The van der Waals surface area contributed by atoms with Gasteiger partial charge in [0.1, 0.15) is 0 Å². The first-order valence-electron chi connectivity index (χ1n) is 6.45. The van der Waals surface area contributed by atoms with Gasteiger partial charge in [0.25, 0.3) is 0 Å². The van der Waals surface area contributed by atoms with Gasteiger partial charge in [-0.05, 0) is 24.6 Å². The largest absolute Gasteiger partial charge is 0.355 e. The van der Waals surface area contributed by atoms with Crippen molar-refractivity contribution in [3.8, 4) is 0 Å². The summed E-state index contributed by atoms with van der Waals surface area (Å²) in [5.41, 5.74) is 0.589. The van der Waals surface area contributed by atoms with Gasteiger partial charge in [0, 0.05) is 19.0 Å². The number of amides is 1. The fourth-order valence-electron chi connectivity index (χ4n) is 2.30. The van der Waals surface area contributed by atoms with E-state index in [0.717, 1.165) is 0 Å². The molecule has 1 atom stereocenters. The molecule has 1 aromatic heterocycles. The molecule has 1 saturated heterocycles. The van der Waals surface area contributed by atoms with Crippen LogP contribution in [0.2, 0.25) is 0 Å². The molecule has 21 heavy (non-hydrogen) atoms. The van der Waals surface area contributed by atoms with Gasteiger partial charge in [-0.2, -0.15) is 0 Å². The third-order valence-electron chi connectivity index (χ3n) is 3.39. The molecule has 0 aliphatic carbocycles. The molecule has 0 bridgehead atoms. The van der Waals surface area contributed by atoms with Crippen LogP contribution in [0.25, 0.3) is 11.0 Å². The van der Waals surface area contributed by atoms with Crippen LogP contribution in [0.1, 0.15) is 12.8 Å². The Morgan fingerprint density at radius 2 is 1.90 bits per heavy atom. The van der Waals surface area contributed by atoms with E-state index >= 15 is 0 Å². The molecular weight excluding hydrogens is 296 g/mol. The summed E-state index contributed by atoms with van der Waals surface area (Å²) in [6.45, 7) is 0.279. The van der Waals surface area contributed by atoms with Gasteiger partial charge >= 0.3 is 5.69 Å². The fourth-order valence-corrected chi connectivity index (χ4v) is 3.60. The van der Waals surface area contributed by atoms with Crippen molar-refractivity contribution < 1.29 is 13.2 Å². The lowest BCUT2D eigenvalue weighted by Gasteiger charge is -2.23. The van der Waals surface area contributed by atoms with Crippen molar-refractivity contribution in [3.05, 3.63) is 28.7 Å². The highest BCUT2D eigenvalue weighted by molar-refractivity contribution is 7.89. The number of hydrogen-bond donors (Lipinski definition) is 4. The lowest BCUT2D eigenvalue weighted by molar-refractivity contribution is -0.122. The van der Waals surface area contributed by atoms with Crippen LogP contribution in [0.5, 0.6) is 0 Å². The van der Waals surface area contributed by atoms with Crippen molar-refractivity contribution in [2.75, 3.05) is 6.54 Å². The van der Waals surface area contributed by atoms with Gasteiger partial charge in [0.2, 0.25) is 15.9 Å². The molecular formula is C12H14N4O4S. The normalized spacial score (nSPS) is 19.6. The smallest absolute Gasteiger partial charge is 0.323 e. The lowest BCUT2D eigenvalue weighted by atomic mass is 10.1. The summed E-state index contributed by atoms with van der Waals surface area (Å²) < 4.78 is 27.2. The van der Waals surface area contributed by atoms with Crippen LogP contribution in [0.3, 0.4) is 0 Å². The van der Waals surface area contributed by atoms with E-state index in [4.69, 9.17) is 0 Å². The molecule has 1 unspecified atom stereocenters. The number of imidazole rings is 1. The molecule has 3 rings (SSSR count). The number of carbonyl (C=O) groups excluding carboxylic acids is 1. The first kappa shape index (κ1) is 13.8. The Bertz CT molecular complexity index is 842. The summed E-state index contributed by atoms with van der Waals surface area (Å²) >= 11 is 0. The van der Waals surface area contributed by atoms with E-state index < -0.39 is 10.0 Å². The van der Waals surface area contributed by atoms with Crippen molar-refractivity contribution in [3.63, 3.8) is 0 Å². The predicted molar refractivity (Wildman–Crippen MR) is 75.3 cm³/mol. The van der Waals surface area contributed by atoms with E-state index in [2.05, 4.69) is 20.0 Å². The van der Waals surface area contributed by atoms with Crippen molar-refractivity contribution in [1.82, 2.24) is 20.0 Å². The average molecular weight is 310 g/mol. The Kier molecular flexibility index (Phi) is 3.30. The summed E-state index contributed by atoms with van der Waals surface area (Å²) in [4.78, 5) is 27.4. The van der Waals surface area contributed by atoms with Crippen molar-refractivity contribution in [1.29, 1.82) is 0 Å². The van der Waals surface area contributed by atoms with Crippen molar-refractivity contribution in [2.45, 2.75) is 23.8 Å². The molecule has 2 aromatic rings. The topological polar surface area (TPSA) is 124 Å². The van der Waals surface area contributed by atoms with E-state index in [-0.39, 0.29) is 29.1 Å². The number of aromatic nitrogens is 2. The van der Waals surface area contributed by atoms with Gasteiger partial charge in [0.05, 0.1) is 15.9 Å². The number of benzene rings is 1. The zero-order chi connectivity index (χ0) is 15.0. The van der Waals surface area contributed by atoms with Crippen LogP contribution < -0.4 is 15.7 Å². The van der Waals surface area contributed by atoms with E-state index in [1.54, 1.807) is 0 Å². The zero-order valence-corrected chi connectivity index (χ0v) is 11.8. The molecule has 0 saturated carbocycles. The van der Waals surface area contributed by atoms with Gasteiger partial charge in [0.15, 0.2) is 0 Å². The fraction of sp³-hybridized carbons (Fsp3) is 0.333. The Hall–Kier alpha value is -2.13. The Morgan fingerprint density at radius 3 is 2.62 bits per heavy atom. The van der Waals surface area contributed by atoms with Crippen LogP contribution in [-0.2, 0) is 14.8 Å². The number of rotatable bonds is 3. The van der Waals surface area contributed by atoms with E-state index in [1.165, 1.54) is 18.2 Å². The minimum atomic E-state index is -3.70. The highest BCUT2D eigenvalue weighted by atomic mass is 32.2. The number of piperidine rings is 1. The summed E-state index contributed by atoms with van der Waals surface area (Å²) in [6.07, 6.45) is 0.769. The molecule has 1 aromatic carbocycles. The van der Waals surface area contributed by atoms with Crippen LogP contribution >= 0.6 is 0 Å². The summed E-state index contributed by atoms with van der Waals surface area (Å²) in [6, 6.07) is 4.03. The summed E-state index contributed by atoms with van der Waals surface area (Å²) in [5, 5.41) is 2.62. The maximum Gasteiger partial charge on any atom is 0.323 e. The Labute approximate surface area is 120 Å². The standard InChI is InChI=1S/C12H14N4O4S/c17-11-4-1-7(6-13-11)16-21(19,20)8-2-3-9-10(5-8)15-12(18)14-9/h2-3,5,7,16H,1,4,6H2,(H,13,17)(H2,14,15,18). The van der Waals surface area contributed by atoms with E-state index in [1.807, 2.05) is 0 Å². The average Bonchev–Trinajstić information content (AvgIpc) is 2.80. The number of carbonyl (C=O) groups is 1. The minimum absolute atomic E-state index is 0.0714. The van der Waals surface area contributed by atoms with Gasteiger partial charge in [-0.3, -0.25) is 4.79 Å². The summed E-state index contributed by atoms with van der Waals surface area (Å²) in [7, 11) is -3.70. The van der Waals surface area contributed by atoms with Gasteiger partial charge in [-0.25, -0.2) is 17.9 Å². The first-order chi connectivity index (χ1) is 9.94. The highest BCUT2D eigenvalue weighted by Gasteiger charge is 2.24. The molecule has 0 spiro atoms. The maximum absolute atomic E-state index is 12.3. The van der Waals surface area contributed by atoms with Gasteiger partial charge < -0.3 is 15.3 Å². The van der Waals surface area contributed by atoms with E-state index in [0.29, 0.717) is 23.9 Å². The highest BCUT2D eigenvalue weighted by Crippen LogP contribution is 2.16. The number of aromatic amines is 2. The summed E-state index contributed by atoms with van der Waals surface area (Å²) in [5.74, 6) is -0.0724. The number of sulfonamides is 1. The SMILES string of the molecule is O=C1CCC(NS(=O)(=O)c2ccc3[nH]c(=O)[nH]c3c2)CN1. The van der Waals surface area contributed by atoms with Crippen LogP contribution in [0.15, 0.2) is 27.9 Å². The van der Waals surface area contributed by atoms with Crippen LogP contribution in [0, 0.1) is 0 Å².